The van der Waals surface area contributed by atoms with Crippen LogP contribution in [0, 0.1) is 0 Å². The predicted octanol–water partition coefficient (Wildman–Crippen LogP) is 5.22. The zero-order valence-electron chi connectivity index (χ0n) is 24.4. The van der Waals surface area contributed by atoms with E-state index < -0.39 is 46.8 Å². The summed E-state index contributed by atoms with van der Waals surface area (Å²) in [6, 6.07) is 16.5. The molecule has 2 fully saturated rings. The Morgan fingerprint density at radius 1 is 0.911 bits per heavy atom. The van der Waals surface area contributed by atoms with Gasteiger partial charge in [-0.25, -0.2) is 13.2 Å². The molecule has 0 radical (unpaired) electrons. The third-order valence-electron chi connectivity index (χ3n) is 8.05. The van der Waals surface area contributed by atoms with E-state index in [0.29, 0.717) is 16.1 Å². The van der Waals surface area contributed by atoms with Crippen LogP contribution in [0.1, 0.15) is 25.0 Å². The largest absolute Gasteiger partial charge is 0.465 e. The molecular weight excluding hydrogens is 663 g/mol. The third kappa shape index (κ3) is 6.64. The molecule has 3 aromatic rings. The maximum absolute atomic E-state index is 14.5. The van der Waals surface area contributed by atoms with Crippen LogP contribution in [-0.2, 0) is 32.6 Å². The van der Waals surface area contributed by atoms with Crippen molar-refractivity contribution in [1.29, 1.82) is 0 Å². The first-order valence-corrected chi connectivity index (χ1v) is 16.7. The monoisotopic (exact) mass is 692 g/mol. The maximum atomic E-state index is 14.5. The Balaban J connectivity index is 1.67. The fraction of sp³-hybridized carbons (Fsp3) is 0.323. The van der Waals surface area contributed by atoms with E-state index in [-0.39, 0.29) is 46.4 Å². The molecule has 2 saturated heterocycles. The molecule has 3 amide bonds. The average molecular weight is 694 g/mol. The molecule has 0 aliphatic carbocycles. The summed E-state index contributed by atoms with van der Waals surface area (Å²) in [6.07, 6.45) is -2.54. The van der Waals surface area contributed by atoms with Gasteiger partial charge in [-0.2, -0.15) is 4.31 Å². The highest BCUT2D eigenvalue weighted by molar-refractivity contribution is 7.89. The summed E-state index contributed by atoms with van der Waals surface area (Å²) in [6.45, 7) is 2.80. The number of hydrogen-bond donors (Lipinski definition) is 1. The molecule has 2 aliphatic rings. The van der Waals surface area contributed by atoms with Gasteiger partial charge in [0.25, 0.3) is 0 Å². The summed E-state index contributed by atoms with van der Waals surface area (Å²) in [5.74, 6) is -1.06. The highest BCUT2D eigenvalue weighted by Crippen LogP contribution is 2.36. The summed E-state index contributed by atoms with van der Waals surface area (Å²) < 4.78 is 29.9. The normalized spacial score (nSPS) is 20.8. The second-order valence-corrected chi connectivity index (χ2v) is 14.4. The van der Waals surface area contributed by atoms with Crippen molar-refractivity contribution in [2.45, 2.75) is 56.0 Å². The zero-order chi connectivity index (χ0) is 32.6. The van der Waals surface area contributed by atoms with Crippen LogP contribution in [0.2, 0.25) is 15.1 Å². The highest BCUT2D eigenvalue weighted by atomic mass is 35.5. The van der Waals surface area contributed by atoms with Crippen molar-refractivity contribution in [2.75, 3.05) is 13.1 Å². The van der Waals surface area contributed by atoms with Crippen molar-refractivity contribution < 1.29 is 27.9 Å². The summed E-state index contributed by atoms with van der Waals surface area (Å²) in [7, 11) is -4.47. The fourth-order valence-corrected chi connectivity index (χ4v) is 8.41. The van der Waals surface area contributed by atoms with E-state index >= 15 is 0 Å². The summed E-state index contributed by atoms with van der Waals surface area (Å²) >= 11 is 18.7. The second kappa shape index (κ2) is 13.2. The number of hydrogen-bond acceptors (Lipinski definition) is 5. The zero-order valence-corrected chi connectivity index (χ0v) is 27.5. The Morgan fingerprint density at radius 3 is 2.20 bits per heavy atom. The van der Waals surface area contributed by atoms with Crippen LogP contribution in [-0.4, -0.2) is 87.8 Å². The van der Waals surface area contributed by atoms with Gasteiger partial charge in [0.15, 0.2) is 0 Å². The lowest BCUT2D eigenvalue weighted by molar-refractivity contribution is -0.171. The van der Waals surface area contributed by atoms with Crippen LogP contribution < -0.4 is 0 Å². The molecule has 0 bridgehead atoms. The number of amides is 3. The van der Waals surface area contributed by atoms with Gasteiger partial charge in [-0.15, -0.1) is 0 Å². The van der Waals surface area contributed by atoms with Gasteiger partial charge in [-0.3, -0.25) is 14.5 Å². The third-order valence-corrected chi connectivity index (χ3v) is 10.9. The van der Waals surface area contributed by atoms with Gasteiger partial charge in [0.05, 0.1) is 11.6 Å². The Labute approximate surface area is 276 Å². The van der Waals surface area contributed by atoms with Crippen LogP contribution in [0.5, 0.6) is 0 Å². The molecule has 5 rings (SSSR count). The Kier molecular flexibility index (Phi) is 9.67. The molecule has 238 valence electrons. The molecule has 14 heteroatoms. The molecule has 3 unspecified atom stereocenters. The second-order valence-electron chi connectivity index (χ2n) is 11.2. The molecule has 0 aromatic heterocycles. The molecule has 3 aromatic carbocycles. The van der Waals surface area contributed by atoms with E-state index in [4.69, 9.17) is 34.8 Å². The van der Waals surface area contributed by atoms with Gasteiger partial charge in [-0.05, 0) is 55.3 Å². The van der Waals surface area contributed by atoms with E-state index in [1.807, 2.05) is 0 Å². The number of nitrogens with zero attached hydrogens (tertiary/aromatic N) is 4. The molecule has 2 heterocycles. The van der Waals surface area contributed by atoms with E-state index in [2.05, 4.69) is 0 Å². The fourth-order valence-electron chi connectivity index (χ4n) is 5.87. The minimum Gasteiger partial charge on any atom is -0.465 e. The van der Waals surface area contributed by atoms with E-state index in [1.54, 1.807) is 68.4 Å². The van der Waals surface area contributed by atoms with Crippen molar-refractivity contribution in [1.82, 2.24) is 19.0 Å². The van der Waals surface area contributed by atoms with Crippen LogP contribution in [0.25, 0.3) is 0 Å². The van der Waals surface area contributed by atoms with Gasteiger partial charge in [0.2, 0.25) is 21.8 Å². The van der Waals surface area contributed by atoms with Crippen molar-refractivity contribution in [2.24, 2.45) is 0 Å². The number of sulfonamides is 1. The van der Waals surface area contributed by atoms with Gasteiger partial charge in [0, 0.05) is 35.6 Å². The van der Waals surface area contributed by atoms with Crippen molar-refractivity contribution in [3.63, 3.8) is 0 Å². The maximum Gasteiger partial charge on any atom is 0.408 e. The molecule has 0 saturated carbocycles. The number of fused-ring (bicyclic) bond motifs is 1. The Morgan fingerprint density at radius 2 is 1.58 bits per heavy atom. The predicted molar refractivity (Wildman–Crippen MR) is 171 cm³/mol. The molecule has 1 N–H and O–H groups in total. The quantitative estimate of drug-likeness (QED) is 0.346. The minimum atomic E-state index is -4.47. The lowest BCUT2D eigenvalue weighted by Gasteiger charge is -2.55. The Hall–Kier alpha value is -3.35. The van der Waals surface area contributed by atoms with Crippen molar-refractivity contribution in [3.05, 3.63) is 99.0 Å². The van der Waals surface area contributed by atoms with Gasteiger partial charge >= 0.3 is 6.09 Å². The van der Waals surface area contributed by atoms with Crippen LogP contribution in [0.15, 0.2) is 77.7 Å². The molecule has 3 atom stereocenters. The van der Waals surface area contributed by atoms with Crippen LogP contribution in [0.3, 0.4) is 0 Å². The SMILES string of the molecule is CC(C)N1CC2N(C(=O)C(N(Cc3ccccc3)C(=O)O)CN2S(=O)(=O)c2ccc(Cl)cc2Cl)C(Cc2cccc(Cl)c2)C1=O. The Bertz CT molecular complexity index is 1730. The van der Waals surface area contributed by atoms with Crippen LogP contribution in [0.4, 0.5) is 4.79 Å². The first-order valence-electron chi connectivity index (χ1n) is 14.2. The van der Waals surface area contributed by atoms with Crippen molar-refractivity contribution >= 4 is 62.7 Å². The number of carbonyl (C=O) groups is 3. The van der Waals surface area contributed by atoms with Crippen molar-refractivity contribution in [3.8, 4) is 0 Å². The lowest BCUT2D eigenvalue weighted by atomic mass is 9.96. The number of carboxylic acid groups (broad SMARTS) is 1. The number of piperazine rings is 1. The van der Waals surface area contributed by atoms with Gasteiger partial charge in [-0.1, -0.05) is 77.3 Å². The standard InChI is InChI=1S/C31H31Cl3N4O6S/c1-19(2)35-18-28-37(45(43,44)27-12-11-23(33)15-24(27)34)17-26(36(31(41)42)16-20-7-4-3-5-8-20)30(40)38(28)25(29(35)39)14-21-9-6-10-22(32)13-21/h3-13,15,19,25-26,28H,14,16-18H2,1-2H3,(H,41,42). The highest BCUT2D eigenvalue weighted by Gasteiger charge is 2.55. The molecule has 45 heavy (non-hydrogen) atoms. The first kappa shape index (κ1) is 33.0. The molecule has 10 nitrogen and oxygen atoms in total. The minimum absolute atomic E-state index is 0.0267. The smallest absolute Gasteiger partial charge is 0.408 e. The average Bonchev–Trinajstić information content (AvgIpc) is 2.97. The molecular formula is C31H31Cl3N4O6S. The number of carbonyl (C=O) groups excluding carboxylic acids is 2. The summed E-state index contributed by atoms with van der Waals surface area (Å²) in [5, 5.41) is 10.9. The number of halogens is 3. The molecule has 0 spiro atoms. The van der Waals surface area contributed by atoms with Gasteiger partial charge < -0.3 is 14.9 Å². The topological polar surface area (TPSA) is 119 Å². The van der Waals surface area contributed by atoms with E-state index in [0.717, 1.165) is 9.21 Å². The molecule has 2 aliphatic heterocycles. The lowest BCUT2D eigenvalue weighted by Crippen LogP contribution is -2.76. The number of rotatable bonds is 8. The van der Waals surface area contributed by atoms with Crippen LogP contribution >= 0.6 is 34.8 Å². The van der Waals surface area contributed by atoms with E-state index in [1.165, 1.54) is 28.0 Å². The van der Waals surface area contributed by atoms with E-state index in [9.17, 15) is 27.9 Å². The van der Waals surface area contributed by atoms with Gasteiger partial charge in [0.1, 0.15) is 23.1 Å². The summed E-state index contributed by atoms with van der Waals surface area (Å²) in [4.78, 5) is 44.6. The number of benzene rings is 3. The summed E-state index contributed by atoms with van der Waals surface area (Å²) in [5.41, 5.74) is 1.25. The first-order chi connectivity index (χ1) is 21.3.